The summed E-state index contributed by atoms with van der Waals surface area (Å²) in [5, 5.41) is 16.2. The standard InChI is InChI=1S/C47H45N7O5S2/c1-59-47(30-36-14-8-9-17-41(36)35-12-4-2-5-13-35)22-25-53(26-23-47)38-18-20-42-44(28-38)49-33-50-46(42)52-61(57,58)40-19-21-43(45(29-40)54(55)56)51-37(27-34-11-10-24-48-31-34)32-60-39-15-6-3-7-16-39/h2-21,24,28-29,31,33,37,51H,22-23,25-27,30,32H2,1H3,(H,49,50,52)/t37-/m0/s1. The van der Waals surface area contributed by atoms with Crippen molar-refractivity contribution in [3.8, 4) is 11.1 Å². The van der Waals surface area contributed by atoms with E-state index in [-0.39, 0.29) is 33.7 Å². The van der Waals surface area contributed by atoms with Gasteiger partial charge in [-0.2, -0.15) is 0 Å². The second kappa shape index (κ2) is 18.5. The fourth-order valence-corrected chi connectivity index (χ4v) is 9.89. The van der Waals surface area contributed by atoms with E-state index < -0.39 is 14.9 Å². The van der Waals surface area contributed by atoms with Gasteiger partial charge in [0.05, 0.1) is 20.9 Å². The summed E-state index contributed by atoms with van der Waals surface area (Å²) in [6.45, 7) is 1.52. The van der Waals surface area contributed by atoms with Crippen LogP contribution in [0.15, 0.2) is 162 Å². The number of nitro benzene ring substituents is 1. The molecule has 1 fully saturated rings. The maximum absolute atomic E-state index is 13.8. The second-order valence-corrected chi connectivity index (χ2v) is 17.8. The number of pyridine rings is 1. The Kier molecular flexibility index (Phi) is 12.6. The number of benzene rings is 5. The van der Waals surface area contributed by atoms with E-state index in [1.165, 1.54) is 35.2 Å². The largest absolute Gasteiger partial charge is 0.378 e. The average molecular weight is 852 g/mol. The highest BCUT2D eigenvalue weighted by molar-refractivity contribution is 7.99. The Morgan fingerprint density at radius 1 is 0.885 bits per heavy atom. The van der Waals surface area contributed by atoms with Crippen LogP contribution >= 0.6 is 11.8 Å². The smallest absolute Gasteiger partial charge is 0.293 e. The van der Waals surface area contributed by atoms with E-state index in [9.17, 15) is 18.5 Å². The van der Waals surface area contributed by atoms with Gasteiger partial charge in [0, 0.05) is 72.8 Å². The molecule has 1 aliphatic heterocycles. The first-order chi connectivity index (χ1) is 29.7. The van der Waals surface area contributed by atoms with Crippen LogP contribution in [0.2, 0.25) is 0 Å². The van der Waals surface area contributed by atoms with Gasteiger partial charge < -0.3 is 15.0 Å². The minimum atomic E-state index is -4.30. The summed E-state index contributed by atoms with van der Waals surface area (Å²) < 4.78 is 36.5. The molecule has 2 aromatic heterocycles. The number of piperidine rings is 1. The summed E-state index contributed by atoms with van der Waals surface area (Å²) in [4.78, 5) is 27.9. The number of fused-ring (bicyclic) bond motifs is 1. The van der Waals surface area contributed by atoms with Gasteiger partial charge in [-0.25, -0.2) is 18.4 Å². The van der Waals surface area contributed by atoms with Gasteiger partial charge >= 0.3 is 0 Å². The van der Waals surface area contributed by atoms with Gasteiger partial charge in [-0.3, -0.25) is 19.8 Å². The van der Waals surface area contributed by atoms with Gasteiger partial charge in [-0.15, -0.1) is 11.8 Å². The first-order valence-electron chi connectivity index (χ1n) is 20.0. The monoisotopic (exact) mass is 851 g/mol. The molecule has 0 spiro atoms. The number of sulfonamides is 1. The summed E-state index contributed by atoms with van der Waals surface area (Å²) in [6, 6.07) is 41.9. The number of methoxy groups -OCH3 is 1. The molecule has 1 atom stereocenters. The van der Waals surface area contributed by atoms with Crippen molar-refractivity contribution in [3.05, 3.63) is 173 Å². The van der Waals surface area contributed by atoms with Crippen LogP contribution in [0.3, 0.4) is 0 Å². The van der Waals surface area contributed by atoms with Crippen LogP contribution in [0.25, 0.3) is 22.0 Å². The molecule has 3 heterocycles. The number of ether oxygens (including phenoxy) is 1. The summed E-state index contributed by atoms with van der Waals surface area (Å²) >= 11 is 1.62. The number of nitro groups is 1. The molecule has 12 nitrogen and oxygen atoms in total. The SMILES string of the molecule is COC1(Cc2ccccc2-c2ccccc2)CCN(c2ccc3c(NS(=O)(=O)c4ccc(N[C@H](CSc5ccccc5)Cc5cccnc5)c([N+](=O)[O-])c4)ncnc3c2)CC1. The van der Waals surface area contributed by atoms with Crippen molar-refractivity contribution >= 4 is 55.6 Å². The Morgan fingerprint density at radius 3 is 2.38 bits per heavy atom. The van der Waals surface area contributed by atoms with Gasteiger partial charge in [0.25, 0.3) is 15.7 Å². The number of hydrogen-bond acceptors (Lipinski definition) is 11. The minimum absolute atomic E-state index is 0.0741. The van der Waals surface area contributed by atoms with Crippen LogP contribution in [0.1, 0.15) is 24.0 Å². The van der Waals surface area contributed by atoms with Crippen molar-refractivity contribution in [2.75, 3.05) is 40.9 Å². The topological polar surface area (TPSA) is 152 Å². The van der Waals surface area contributed by atoms with Crippen molar-refractivity contribution in [1.82, 2.24) is 15.0 Å². The highest BCUT2D eigenvalue weighted by Crippen LogP contribution is 2.37. The summed E-state index contributed by atoms with van der Waals surface area (Å²) in [6.07, 6.45) is 7.75. The summed E-state index contributed by atoms with van der Waals surface area (Å²) in [7, 11) is -2.50. The fraction of sp³-hybridized carbons (Fsp3) is 0.213. The Balaban J connectivity index is 0.969. The third-order valence-corrected chi connectivity index (χ3v) is 13.7. The highest BCUT2D eigenvalue weighted by Gasteiger charge is 2.36. The summed E-state index contributed by atoms with van der Waals surface area (Å²) in [5.74, 6) is 0.667. The third kappa shape index (κ3) is 9.83. The quantitative estimate of drug-likeness (QED) is 0.0543. The molecule has 0 saturated carbocycles. The van der Waals surface area contributed by atoms with Crippen LogP contribution < -0.4 is 14.9 Å². The van der Waals surface area contributed by atoms with Crippen molar-refractivity contribution in [2.45, 2.75) is 47.1 Å². The molecule has 5 aromatic carbocycles. The van der Waals surface area contributed by atoms with Gasteiger partial charge in [-0.05, 0) is 90.0 Å². The molecule has 0 aliphatic carbocycles. The molecule has 61 heavy (non-hydrogen) atoms. The number of hydrogen-bond donors (Lipinski definition) is 2. The maximum atomic E-state index is 13.8. The molecule has 2 N–H and O–H groups in total. The first kappa shape index (κ1) is 41.4. The molecule has 14 heteroatoms. The van der Waals surface area contributed by atoms with Crippen LogP contribution in [0.4, 0.5) is 22.9 Å². The Labute approximate surface area is 359 Å². The zero-order valence-corrected chi connectivity index (χ0v) is 35.2. The number of nitrogens with one attached hydrogen (secondary N) is 2. The molecule has 0 bridgehead atoms. The molecule has 0 unspecified atom stereocenters. The predicted molar refractivity (Wildman–Crippen MR) is 243 cm³/mol. The van der Waals surface area contributed by atoms with Crippen LogP contribution in [-0.2, 0) is 27.6 Å². The van der Waals surface area contributed by atoms with E-state index in [4.69, 9.17) is 4.74 Å². The molecule has 310 valence electrons. The van der Waals surface area contributed by atoms with Crippen molar-refractivity contribution in [2.24, 2.45) is 0 Å². The maximum Gasteiger partial charge on any atom is 0.293 e. The van der Waals surface area contributed by atoms with Gasteiger partial charge in [0.15, 0.2) is 5.82 Å². The van der Waals surface area contributed by atoms with Gasteiger partial charge in [-0.1, -0.05) is 78.9 Å². The lowest BCUT2D eigenvalue weighted by atomic mass is 9.82. The molecule has 7 aromatic rings. The fourth-order valence-electron chi connectivity index (χ4n) is 7.90. The second-order valence-electron chi connectivity index (χ2n) is 15.1. The molecular weight excluding hydrogens is 807 g/mol. The number of rotatable bonds is 16. The number of thioether (sulfide) groups is 1. The van der Waals surface area contributed by atoms with Crippen LogP contribution in [-0.4, -0.2) is 65.9 Å². The van der Waals surface area contributed by atoms with E-state index in [0.717, 1.165) is 54.6 Å². The van der Waals surface area contributed by atoms with E-state index >= 15 is 0 Å². The number of aromatic nitrogens is 3. The number of anilines is 3. The molecule has 0 radical (unpaired) electrons. The van der Waals surface area contributed by atoms with Crippen molar-refractivity contribution in [3.63, 3.8) is 0 Å². The van der Waals surface area contributed by atoms with Crippen molar-refractivity contribution in [1.29, 1.82) is 0 Å². The molecule has 0 amide bonds. The molecule has 8 rings (SSSR count). The Morgan fingerprint density at radius 2 is 1.64 bits per heavy atom. The van der Waals surface area contributed by atoms with Crippen LogP contribution in [0.5, 0.6) is 0 Å². The Bertz CT molecular complexity index is 2720. The van der Waals surface area contributed by atoms with Gasteiger partial charge in [0.1, 0.15) is 12.0 Å². The van der Waals surface area contributed by atoms with E-state index in [1.807, 2.05) is 66.7 Å². The lowest BCUT2D eigenvalue weighted by Crippen LogP contribution is -2.47. The lowest BCUT2D eigenvalue weighted by molar-refractivity contribution is -0.384. The number of nitrogens with zero attached hydrogens (tertiary/aromatic N) is 5. The van der Waals surface area contributed by atoms with Crippen LogP contribution in [0, 0.1) is 10.1 Å². The lowest BCUT2D eigenvalue weighted by Gasteiger charge is -2.42. The summed E-state index contributed by atoms with van der Waals surface area (Å²) in [5.41, 5.74) is 5.66. The van der Waals surface area contributed by atoms with Crippen molar-refractivity contribution < 1.29 is 18.1 Å². The van der Waals surface area contributed by atoms with Gasteiger partial charge in [0.2, 0.25) is 0 Å². The average Bonchev–Trinajstić information content (AvgIpc) is 3.29. The van der Waals surface area contributed by atoms with E-state index in [2.05, 4.69) is 78.4 Å². The highest BCUT2D eigenvalue weighted by atomic mass is 32.2. The Hall–Kier alpha value is -6.35. The molecular formula is C47H45N7O5S2. The first-order valence-corrected chi connectivity index (χ1v) is 22.5. The third-order valence-electron chi connectivity index (χ3n) is 11.2. The van der Waals surface area contributed by atoms with E-state index in [0.29, 0.717) is 23.1 Å². The zero-order chi connectivity index (χ0) is 42.2. The molecule has 1 aliphatic rings. The minimum Gasteiger partial charge on any atom is -0.378 e. The molecule has 1 saturated heterocycles. The predicted octanol–water partition coefficient (Wildman–Crippen LogP) is 9.44. The van der Waals surface area contributed by atoms with E-state index in [1.54, 1.807) is 31.3 Å². The zero-order valence-electron chi connectivity index (χ0n) is 33.6. The normalized spacial score (nSPS) is 14.3.